The molecule has 0 spiro atoms. The summed E-state index contributed by atoms with van der Waals surface area (Å²) in [4.78, 5) is 14.2. The van der Waals surface area contributed by atoms with Gasteiger partial charge in [0, 0.05) is 6.17 Å². The first kappa shape index (κ1) is 11.7. The molecule has 0 unspecified atom stereocenters. The van der Waals surface area contributed by atoms with Gasteiger partial charge in [-0.25, -0.2) is 4.79 Å². The molecule has 0 aromatic carbocycles. The predicted molar refractivity (Wildman–Crippen MR) is 58.8 cm³/mol. The summed E-state index contributed by atoms with van der Waals surface area (Å²) < 4.78 is 0. The van der Waals surface area contributed by atoms with Crippen LogP contribution in [0.25, 0.3) is 0 Å². The monoisotopic (exact) mass is 204 g/mol. The molecule has 5 heteroatoms. The number of hydrogen-bond acceptors (Lipinski definition) is 1. The molecule has 0 aliphatic carbocycles. The number of nitrogens with one attached hydrogen (secondary N) is 2. The van der Waals surface area contributed by atoms with Gasteiger partial charge < -0.3 is 10.3 Å². The maximum atomic E-state index is 11.2. The summed E-state index contributed by atoms with van der Waals surface area (Å²) in [5, 5.41) is 2.89. The van der Waals surface area contributed by atoms with Crippen LogP contribution in [0.5, 0.6) is 0 Å². The van der Waals surface area contributed by atoms with Crippen LogP contribution in [0.1, 0.15) is 0 Å². The standard InChI is InChI=1S/C7H20N2OSi2/c1-11(2)6-8-7(10)9-12(3,4)5/h11H,6H2,1-5H3,(H2,8,9,10). The smallest absolute Gasteiger partial charge is 0.306 e. The average Bonchev–Trinajstić information content (AvgIpc) is 1.79. The van der Waals surface area contributed by atoms with Crippen molar-refractivity contribution in [2.24, 2.45) is 0 Å². The van der Waals surface area contributed by atoms with Gasteiger partial charge in [-0.3, -0.25) is 0 Å². The van der Waals surface area contributed by atoms with Gasteiger partial charge in [0.15, 0.2) is 0 Å². The Bertz CT molecular complexity index is 154. The number of rotatable bonds is 3. The molecule has 72 valence electrons. The fourth-order valence-corrected chi connectivity index (χ4v) is 2.04. The average molecular weight is 204 g/mol. The summed E-state index contributed by atoms with van der Waals surface area (Å²) in [5.74, 6) is 0. The van der Waals surface area contributed by atoms with Crippen LogP contribution in [-0.2, 0) is 0 Å². The van der Waals surface area contributed by atoms with Crippen molar-refractivity contribution < 1.29 is 4.79 Å². The number of carbonyl (C=O) groups excluding carboxylic acids is 1. The fourth-order valence-electron chi connectivity index (χ4n) is 0.682. The maximum absolute atomic E-state index is 11.2. The minimum absolute atomic E-state index is 0.00960. The molecule has 0 bridgehead atoms. The maximum Gasteiger partial charge on any atom is 0.306 e. The number of hydrogen-bond donors (Lipinski definition) is 2. The van der Waals surface area contributed by atoms with Crippen molar-refractivity contribution in [3.63, 3.8) is 0 Å². The second-order valence-electron chi connectivity index (χ2n) is 4.48. The number of amides is 2. The van der Waals surface area contributed by atoms with Gasteiger partial charge in [-0.2, -0.15) is 0 Å². The lowest BCUT2D eigenvalue weighted by molar-refractivity contribution is 0.247. The van der Waals surface area contributed by atoms with E-state index in [0.717, 1.165) is 6.17 Å². The van der Waals surface area contributed by atoms with Crippen molar-refractivity contribution in [1.82, 2.24) is 10.3 Å². The normalized spacial score (nSPS) is 11.5. The lowest BCUT2D eigenvalue weighted by Gasteiger charge is -2.18. The highest BCUT2D eigenvalue weighted by Crippen LogP contribution is 1.92. The van der Waals surface area contributed by atoms with Crippen LogP contribution in [0, 0.1) is 0 Å². The topological polar surface area (TPSA) is 41.1 Å². The van der Waals surface area contributed by atoms with Crippen molar-refractivity contribution in [3.05, 3.63) is 0 Å². The van der Waals surface area contributed by atoms with E-state index in [9.17, 15) is 4.79 Å². The molecular formula is C7H20N2OSi2. The molecule has 0 fully saturated rings. The van der Waals surface area contributed by atoms with Gasteiger partial charge in [0.05, 0.1) is 8.80 Å². The van der Waals surface area contributed by atoms with Gasteiger partial charge in [-0.05, 0) is 0 Å². The molecule has 0 atom stereocenters. The van der Waals surface area contributed by atoms with E-state index in [2.05, 4.69) is 43.0 Å². The quantitative estimate of drug-likeness (QED) is 0.665. The molecule has 0 radical (unpaired) electrons. The molecule has 0 aliphatic heterocycles. The van der Waals surface area contributed by atoms with Crippen LogP contribution < -0.4 is 10.3 Å². The Kier molecular flexibility index (Phi) is 4.55. The van der Waals surface area contributed by atoms with E-state index < -0.39 is 17.0 Å². The lowest BCUT2D eigenvalue weighted by Crippen LogP contribution is -2.51. The highest BCUT2D eigenvalue weighted by Gasteiger charge is 2.16. The molecule has 0 saturated heterocycles. The summed E-state index contributed by atoms with van der Waals surface area (Å²) in [7, 11) is -2.09. The zero-order chi connectivity index (χ0) is 9.78. The van der Waals surface area contributed by atoms with E-state index >= 15 is 0 Å². The molecule has 0 heterocycles. The van der Waals surface area contributed by atoms with Crippen molar-refractivity contribution in [2.45, 2.75) is 32.7 Å². The molecule has 12 heavy (non-hydrogen) atoms. The molecule has 3 nitrogen and oxygen atoms in total. The summed E-state index contributed by atoms with van der Waals surface area (Å²) in [6, 6.07) is 0.00960. The predicted octanol–water partition coefficient (Wildman–Crippen LogP) is 1.15. The van der Waals surface area contributed by atoms with E-state index in [1.807, 2.05) is 0 Å². The highest BCUT2D eigenvalue weighted by atomic mass is 28.3. The molecule has 0 saturated carbocycles. The number of urea groups is 1. The van der Waals surface area contributed by atoms with E-state index in [-0.39, 0.29) is 6.03 Å². The second kappa shape index (κ2) is 4.66. The third-order valence-corrected chi connectivity index (χ3v) is 3.16. The SMILES string of the molecule is C[SiH](C)CNC(=O)N[Si](C)(C)C. The Morgan fingerprint density at radius 1 is 1.33 bits per heavy atom. The first-order valence-corrected chi connectivity index (χ1v) is 11.0. The Hall–Kier alpha value is -0.296. The first-order valence-electron chi connectivity index (χ1n) is 4.37. The van der Waals surface area contributed by atoms with Crippen LogP contribution in [-0.4, -0.2) is 29.2 Å². The molecule has 0 rings (SSSR count). The van der Waals surface area contributed by atoms with Gasteiger partial charge in [-0.1, -0.05) is 32.7 Å². The molecular weight excluding hydrogens is 184 g/mol. The largest absolute Gasteiger partial charge is 0.365 e. The summed E-state index contributed by atoms with van der Waals surface area (Å²) in [6.07, 6.45) is 0.885. The van der Waals surface area contributed by atoms with Gasteiger partial charge in [0.1, 0.15) is 8.24 Å². The van der Waals surface area contributed by atoms with E-state index in [4.69, 9.17) is 0 Å². The summed E-state index contributed by atoms with van der Waals surface area (Å²) in [5.41, 5.74) is 0. The molecule has 0 aromatic heterocycles. The van der Waals surface area contributed by atoms with Crippen LogP contribution >= 0.6 is 0 Å². The first-order chi connectivity index (χ1) is 5.31. The van der Waals surface area contributed by atoms with Crippen molar-refractivity contribution in [2.75, 3.05) is 6.17 Å². The molecule has 0 aliphatic rings. The third kappa shape index (κ3) is 7.81. The van der Waals surface area contributed by atoms with Crippen molar-refractivity contribution >= 4 is 23.1 Å². The van der Waals surface area contributed by atoms with Gasteiger partial charge in [0.25, 0.3) is 0 Å². The van der Waals surface area contributed by atoms with Crippen molar-refractivity contribution in [1.29, 1.82) is 0 Å². The Balaban J connectivity index is 3.61. The Labute approximate surface area is 77.6 Å². The van der Waals surface area contributed by atoms with Crippen LogP contribution in [0.3, 0.4) is 0 Å². The fraction of sp³-hybridized carbons (Fsp3) is 0.857. The minimum Gasteiger partial charge on any atom is -0.365 e. The zero-order valence-electron chi connectivity index (χ0n) is 8.69. The van der Waals surface area contributed by atoms with E-state index in [0.29, 0.717) is 0 Å². The minimum atomic E-state index is -1.44. The van der Waals surface area contributed by atoms with Crippen LogP contribution in [0.15, 0.2) is 0 Å². The third-order valence-electron chi connectivity index (χ3n) is 1.16. The van der Waals surface area contributed by atoms with E-state index in [1.165, 1.54) is 0 Å². The number of carbonyl (C=O) groups is 1. The van der Waals surface area contributed by atoms with Crippen LogP contribution in [0.4, 0.5) is 4.79 Å². The summed E-state index contributed by atoms with van der Waals surface area (Å²) in [6.45, 7) is 10.8. The van der Waals surface area contributed by atoms with Gasteiger partial charge >= 0.3 is 6.03 Å². The second-order valence-corrected chi connectivity index (χ2v) is 12.4. The van der Waals surface area contributed by atoms with Gasteiger partial charge in [0.2, 0.25) is 0 Å². The van der Waals surface area contributed by atoms with Crippen LogP contribution in [0.2, 0.25) is 32.7 Å². The lowest BCUT2D eigenvalue weighted by atomic mass is 11.0. The van der Waals surface area contributed by atoms with Crippen molar-refractivity contribution in [3.8, 4) is 0 Å². The van der Waals surface area contributed by atoms with E-state index in [1.54, 1.807) is 0 Å². The Morgan fingerprint density at radius 3 is 2.17 bits per heavy atom. The highest BCUT2D eigenvalue weighted by molar-refractivity contribution is 6.75. The Morgan fingerprint density at radius 2 is 1.83 bits per heavy atom. The van der Waals surface area contributed by atoms with Gasteiger partial charge in [-0.15, -0.1) is 0 Å². The molecule has 2 amide bonds. The zero-order valence-corrected chi connectivity index (χ0v) is 10.8. The molecule has 0 aromatic rings. The molecule has 2 N–H and O–H groups in total. The summed E-state index contributed by atoms with van der Waals surface area (Å²) >= 11 is 0.